The Labute approximate surface area is 195 Å². The quantitative estimate of drug-likeness (QED) is 0.277. The number of nitrogens with one attached hydrogen (secondary N) is 2. The van der Waals surface area contributed by atoms with E-state index in [1.807, 2.05) is 18.2 Å². The Hall–Kier alpha value is -2.06. The summed E-state index contributed by atoms with van der Waals surface area (Å²) in [7, 11) is 1.79. The van der Waals surface area contributed by atoms with Gasteiger partial charge in [0.25, 0.3) is 0 Å². The average molecular weight is 519 g/mol. The van der Waals surface area contributed by atoms with Crippen LogP contribution in [-0.2, 0) is 11.3 Å². The highest BCUT2D eigenvalue weighted by Crippen LogP contribution is 2.33. The highest BCUT2D eigenvalue weighted by Gasteiger charge is 2.27. The number of aliphatic imine (C=N–C) groups is 1. The molecule has 0 amide bonds. The Bertz CT molecular complexity index is 935. The van der Waals surface area contributed by atoms with Crippen molar-refractivity contribution in [1.82, 2.24) is 10.6 Å². The van der Waals surface area contributed by atoms with Crippen molar-refractivity contribution < 1.29 is 9.15 Å². The number of furan rings is 1. The summed E-state index contributed by atoms with van der Waals surface area (Å²) in [5, 5.41) is 7.94. The molecule has 1 aliphatic heterocycles. The first-order chi connectivity index (χ1) is 14.2. The molecule has 1 fully saturated rings. The van der Waals surface area contributed by atoms with Gasteiger partial charge in [-0.2, -0.15) is 0 Å². The maximum atomic E-state index is 6.13. The van der Waals surface area contributed by atoms with Crippen LogP contribution in [0.5, 0.6) is 0 Å². The Kier molecular flexibility index (Phi) is 8.16. The van der Waals surface area contributed by atoms with Crippen LogP contribution >= 0.6 is 24.0 Å². The van der Waals surface area contributed by atoms with Crippen LogP contribution in [0, 0.1) is 12.8 Å². The van der Waals surface area contributed by atoms with Crippen LogP contribution in [0.25, 0.3) is 11.0 Å². The van der Waals surface area contributed by atoms with Crippen molar-refractivity contribution in [3.05, 3.63) is 71.5 Å². The highest BCUT2D eigenvalue weighted by molar-refractivity contribution is 14.0. The lowest BCUT2D eigenvalue weighted by atomic mass is 9.89. The zero-order valence-corrected chi connectivity index (χ0v) is 19.9. The Morgan fingerprint density at radius 3 is 2.67 bits per heavy atom. The van der Waals surface area contributed by atoms with E-state index in [-0.39, 0.29) is 30.1 Å². The van der Waals surface area contributed by atoms with E-state index < -0.39 is 0 Å². The molecule has 3 aromatic rings. The van der Waals surface area contributed by atoms with Gasteiger partial charge in [0.1, 0.15) is 11.3 Å². The van der Waals surface area contributed by atoms with Crippen molar-refractivity contribution in [2.45, 2.75) is 32.4 Å². The van der Waals surface area contributed by atoms with Gasteiger partial charge in [0.15, 0.2) is 5.96 Å². The van der Waals surface area contributed by atoms with Gasteiger partial charge in [0, 0.05) is 31.5 Å². The monoisotopic (exact) mass is 519 g/mol. The largest absolute Gasteiger partial charge is 0.459 e. The predicted octanol–water partition coefficient (Wildman–Crippen LogP) is 5.19. The first kappa shape index (κ1) is 22.6. The summed E-state index contributed by atoms with van der Waals surface area (Å²) in [5.74, 6) is 2.09. The molecule has 1 saturated heterocycles. The van der Waals surface area contributed by atoms with Crippen LogP contribution in [-0.4, -0.2) is 26.2 Å². The molecule has 30 heavy (non-hydrogen) atoms. The molecule has 0 radical (unpaired) electrons. The lowest BCUT2D eigenvalue weighted by Gasteiger charge is -2.32. The van der Waals surface area contributed by atoms with E-state index in [4.69, 9.17) is 9.15 Å². The summed E-state index contributed by atoms with van der Waals surface area (Å²) < 4.78 is 12.0. The zero-order valence-electron chi connectivity index (χ0n) is 17.6. The van der Waals surface area contributed by atoms with E-state index in [0.29, 0.717) is 12.5 Å². The second-order valence-corrected chi connectivity index (χ2v) is 7.66. The molecule has 6 heteroatoms. The fourth-order valence-electron chi connectivity index (χ4n) is 3.92. The summed E-state index contributed by atoms with van der Waals surface area (Å²) >= 11 is 0. The summed E-state index contributed by atoms with van der Waals surface area (Å²) in [4.78, 5) is 4.36. The Morgan fingerprint density at radius 1 is 1.10 bits per heavy atom. The number of rotatable bonds is 5. The van der Waals surface area contributed by atoms with Crippen molar-refractivity contribution in [3.8, 4) is 0 Å². The normalized spacial score (nSPS) is 19.3. The number of ether oxygens (including phenoxy) is 1. The first-order valence-corrected chi connectivity index (χ1v) is 10.3. The molecular weight excluding hydrogens is 489 g/mol. The van der Waals surface area contributed by atoms with Crippen molar-refractivity contribution in [2.24, 2.45) is 10.9 Å². The van der Waals surface area contributed by atoms with E-state index in [9.17, 15) is 0 Å². The third-order valence-electron chi connectivity index (χ3n) is 5.51. The van der Waals surface area contributed by atoms with Gasteiger partial charge < -0.3 is 19.8 Å². The van der Waals surface area contributed by atoms with Crippen LogP contribution in [0.2, 0.25) is 0 Å². The van der Waals surface area contributed by atoms with Gasteiger partial charge in [-0.1, -0.05) is 48.0 Å². The second-order valence-electron chi connectivity index (χ2n) is 7.66. The SMILES string of the molecule is CN=C(NCc1cc2ccccc2o1)NCC1CCCOC1c1ccc(C)cc1.I. The topological polar surface area (TPSA) is 58.8 Å². The number of halogens is 1. The maximum Gasteiger partial charge on any atom is 0.191 e. The first-order valence-electron chi connectivity index (χ1n) is 10.3. The van der Waals surface area contributed by atoms with Crippen molar-refractivity contribution in [3.63, 3.8) is 0 Å². The second kappa shape index (κ2) is 10.8. The van der Waals surface area contributed by atoms with Crippen LogP contribution in [0.1, 0.15) is 35.8 Å². The molecule has 4 rings (SSSR count). The molecule has 0 bridgehead atoms. The molecule has 1 aromatic heterocycles. The third kappa shape index (κ3) is 5.55. The lowest BCUT2D eigenvalue weighted by molar-refractivity contribution is -0.0265. The minimum Gasteiger partial charge on any atom is -0.459 e. The smallest absolute Gasteiger partial charge is 0.191 e. The molecule has 160 valence electrons. The molecule has 0 saturated carbocycles. The number of fused-ring (bicyclic) bond motifs is 1. The summed E-state index contributed by atoms with van der Waals surface area (Å²) in [6, 6.07) is 18.8. The van der Waals surface area contributed by atoms with Crippen molar-refractivity contribution in [1.29, 1.82) is 0 Å². The van der Waals surface area contributed by atoms with Gasteiger partial charge in [-0.15, -0.1) is 24.0 Å². The lowest BCUT2D eigenvalue weighted by Crippen LogP contribution is -2.41. The predicted molar refractivity (Wildman–Crippen MR) is 132 cm³/mol. The average Bonchev–Trinajstić information content (AvgIpc) is 3.18. The molecule has 2 unspecified atom stereocenters. The van der Waals surface area contributed by atoms with E-state index in [1.54, 1.807) is 7.05 Å². The molecule has 2 aromatic carbocycles. The number of hydrogen-bond acceptors (Lipinski definition) is 3. The van der Waals surface area contributed by atoms with Crippen molar-refractivity contribution in [2.75, 3.05) is 20.2 Å². The van der Waals surface area contributed by atoms with Crippen LogP contribution in [0.3, 0.4) is 0 Å². The van der Waals surface area contributed by atoms with E-state index in [2.05, 4.69) is 58.9 Å². The van der Waals surface area contributed by atoms with Gasteiger partial charge in [0.2, 0.25) is 0 Å². The molecular formula is C24H30IN3O2. The van der Waals surface area contributed by atoms with E-state index in [0.717, 1.165) is 48.7 Å². The van der Waals surface area contributed by atoms with Gasteiger partial charge in [0.05, 0.1) is 12.6 Å². The van der Waals surface area contributed by atoms with Crippen molar-refractivity contribution >= 4 is 40.9 Å². The summed E-state index contributed by atoms with van der Waals surface area (Å²) in [5.41, 5.74) is 3.44. The fraction of sp³-hybridized carbons (Fsp3) is 0.375. The Morgan fingerprint density at radius 2 is 1.90 bits per heavy atom. The minimum absolute atomic E-state index is 0. The number of nitrogens with zero attached hydrogens (tertiary/aromatic N) is 1. The maximum absolute atomic E-state index is 6.13. The zero-order chi connectivity index (χ0) is 20.1. The molecule has 5 nitrogen and oxygen atoms in total. The number of hydrogen-bond donors (Lipinski definition) is 2. The van der Waals surface area contributed by atoms with Crippen LogP contribution in [0.4, 0.5) is 0 Å². The molecule has 2 atom stereocenters. The minimum atomic E-state index is 0. The molecule has 0 spiro atoms. The molecule has 1 aliphatic rings. The molecule has 0 aliphatic carbocycles. The van der Waals surface area contributed by atoms with E-state index in [1.165, 1.54) is 11.1 Å². The number of para-hydroxylation sites is 1. The summed E-state index contributed by atoms with van der Waals surface area (Å²) in [6.45, 7) is 4.35. The van der Waals surface area contributed by atoms with Gasteiger partial charge in [-0.05, 0) is 37.5 Å². The summed E-state index contributed by atoms with van der Waals surface area (Å²) in [6.07, 6.45) is 2.37. The Balaban J connectivity index is 0.00000256. The van der Waals surface area contributed by atoms with Gasteiger partial charge >= 0.3 is 0 Å². The van der Waals surface area contributed by atoms with Crippen LogP contribution in [0.15, 0.2) is 64.0 Å². The molecule has 2 heterocycles. The number of guanidine groups is 1. The van der Waals surface area contributed by atoms with E-state index >= 15 is 0 Å². The standard InChI is InChI=1S/C24H29N3O2.HI/c1-17-9-11-18(12-10-17)23-20(7-5-13-28-23)15-26-24(25-2)27-16-21-14-19-6-3-4-8-22(19)29-21;/h3-4,6,8-12,14,20,23H,5,7,13,15-16H2,1-2H3,(H2,25,26,27);1H. The number of aryl methyl sites for hydroxylation is 1. The van der Waals surface area contributed by atoms with Gasteiger partial charge in [-0.25, -0.2) is 0 Å². The fourth-order valence-corrected chi connectivity index (χ4v) is 3.92. The van der Waals surface area contributed by atoms with Crippen LogP contribution < -0.4 is 10.6 Å². The number of benzene rings is 2. The van der Waals surface area contributed by atoms with Gasteiger partial charge in [-0.3, -0.25) is 4.99 Å². The molecule has 2 N–H and O–H groups in total. The highest BCUT2D eigenvalue weighted by atomic mass is 127. The third-order valence-corrected chi connectivity index (χ3v) is 5.51.